The lowest BCUT2D eigenvalue weighted by Gasteiger charge is -2.18. The molecule has 5 rings (SSSR count). The number of nitrogens with zero attached hydrogens (tertiary/aromatic N) is 1. The summed E-state index contributed by atoms with van der Waals surface area (Å²) in [6, 6.07) is 27.2. The lowest BCUT2D eigenvalue weighted by atomic mass is 10.00. The van der Waals surface area contributed by atoms with Crippen molar-refractivity contribution in [2.75, 3.05) is 12.4 Å². The minimum Gasteiger partial charge on any atom is -0.337 e. The van der Waals surface area contributed by atoms with E-state index in [2.05, 4.69) is 16.7 Å². The number of nitrogens with one attached hydrogen (secondary N) is 2. The fourth-order valence-electron chi connectivity index (χ4n) is 4.65. The molecule has 2 N–H and O–H groups in total. The number of carbonyl (C=O) groups is 4. The van der Waals surface area contributed by atoms with E-state index < -0.39 is 0 Å². The van der Waals surface area contributed by atoms with Crippen LogP contribution in [0.5, 0.6) is 0 Å². The number of anilines is 1. The van der Waals surface area contributed by atoms with E-state index in [1.54, 1.807) is 18.0 Å². The molecule has 196 valence electrons. The first kappa shape index (κ1) is 26.2. The van der Waals surface area contributed by atoms with Crippen molar-refractivity contribution in [2.24, 2.45) is 0 Å². The molecular weight excluding hydrogens is 510 g/mol. The third kappa shape index (κ3) is 6.18. The maximum Gasteiger partial charge on any atom is 0.286 e. The molecule has 0 radical (unpaired) electrons. The van der Waals surface area contributed by atoms with Gasteiger partial charge >= 0.3 is 0 Å². The third-order valence-electron chi connectivity index (χ3n) is 6.58. The second-order valence-corrected chi connectivity index (χ2v) is 10.8. The molecule has 4 aromatic carbocycles. The Kier molecular flexibility index (Phi) is 7.47. The van der Waals surface area contributed by atoms with Gasteiger partial charge in [0.2, 0.25) is 11.8 Å². The molecule has 1 unspecified atom stereocenters. The minimum atomic E-state index is -0.386. The zero-order valence-electron chi connectivity index (χ0n) is 21.6. The van der Waals surface area contributed by atoms with Crippen LogP contribution >= 0.6 is 11.8 Å². The summed E-state index contributed by atoms with van der Waals surface area (Å²) in [5, 5.41) is 6.29. The van der Waals surface area contributed by atoms with Crippen molar-refractivity contribution in [1.82, 2.24) is 10.2 Å². The van der Waals surface area contributed by atoms with E-state index in [-0.39, 0.29) is 28.2 Å². The van der Waals surface area contributed by atoms with Gasteiger partial charge < -0.3 is 10.2 Å². The largest absolute Gasteiger partial charge is 0.337 e. The highest BCUT2D eigenvalue weighted by Crippen LogP contribution is 2.26. The maximum atomic E-state index is 13.2. The summed E-state index contributed by atoms with van der Waals surface area (Å²) in [7, 11) is 1.79. The lowest BCUT2D eigenvalue weighted by Crippen LogP contribution is -2.26. The average Bonchev–Trinajstić information content (AvgIpc) is 3.24. The standard InChI is InChI=1S/C31H27N3O4S/c1-19(35)32-27-13-12-24-16-26(11-10-25(24)17-27)30(37)34(2)18-21-4-3-5-23(14-21)22-8-6-20(7-9-22)15-28-29(36)33-31(38)39-28/h3-14,16-17,28H,15,18H2,1-2H3,(H,32,35)(H,33,36,38). The molecule has 0 aliphatic carbocycles. The number of hydrogen-bond donors (Lipinski definition) is 2. The molecule has 0 bridgehead atoms. The van der Waals surface area contributed by atoms with Gasteiger partial charge in [0, 0.05) is 31.8 Å². The molecule has 1 fully saturated rings. The van der Waals surface area contributed by atoms with Gasteiger partial charge in [-0.25, -0.2) is 0 Å². The van der Waals surface area contributed by atoms with Crippen LogP contribution in [0.4, 0.5) is 10.5 Å². The quantitative estimate of drug-likeness (QED) is 0.319. The van der Waals surface area contributed by atoms with Crippen molar-refractivity contribution in [2.45, 2.75) is 25.1 Å². The topological polar surface area (TPSA) is 95.6 Å². The van der Waals surface area contributed by atoms with E-state index in [0.717, 1.165) is 50.5 Å². The van der Waals surface area contributed by atoms with Gasteiger partial charge in [0.25, 0.3) is 11.1 Å². The smallest absolute Gasteiger partial charge is 0.286 e. The van der Waals surface area contributed by atoms with Crippen molar-refractivity contribution in [3.8, 4) is 11.1 Å². The molecule has 4 aromatic rings. The van der Waals surface area contributed by atoms with Gasteiger partial charge in [0.15, 0.2) is 0 Å². The Morgan fingerprint density at radius 1 is 0.872 bits per heavy atom. The van der Waals surface area contributed by atoms with Crippen LogP contribution < -0.4 is 10.6 Å². The number of amides is 4. The highest BCUT2D eigenvalue weighted by Gasteiger charge is 2.31. The van der Waals surface area contributed by atoms with Gasteiger partial charge in [0.1, 0.15) is 0 Å². The summed E-state index contributed by atoms with van der Waals surface area (Å²) in [4.78, 5) is 49.5. The van der Waals surface area contributed by atoms with Gasteiger partial charge in [-0.15, -0.1) is 0 Å². The molecule has 1 atom stereocenters. The Morgan fingerprint density at radius 3 is 2.33 bits per heavy atom. The fraction of sp³-hybridized carbons (Fsp3) is 0.161. The number of carbonyl (C=O) groups excluding carboxylic acids is 4. The molecule has 0 spiro atoms. The van der Waals surface area contributed by atoms with Crippen molar-refractivity contribution >= 4 is 51.2 Å². The third-order valence-corrected chi connectivity index (χ3v) is 7.56. The molecule has 1 aliphatic rings. The Morgan fingerprint density at radius 2 is 1.62 bits per heavy atom. The van der Waals surface area contributed by atoms with Crippen LogP contribution in [-0.4, -0.2) is 40.2 Å². The van der Waals surface area contributed by atoms with Crippen LogP contribution in [0.25, 0.3) is 21.9 Å². The normalized spacial score (nSPS) is 14.8. The van der Waals surface area contributed by atoms with E-state index in [4.69, 9.17) is 0 Å². The van der Waals surface area contributed by atoms with Gasteiger partial charge in [-0.3, -0.25) is 24.5 Å². The summed E-state index contributed by atoms with van der Waals surface area (Å²) >= 11 is 1.03. The van der Waals surface area contributed by atoms with E-state index >= 15 is 0 Å². The number of benzene rings is 4. The van der Waals surface area contributed by atoms with E-state index in [9.17, 15) is 19.2 Å². The molecular formula is C31H27N3O4S. The molecule has 39 heavy (non-hydrogen) atoms. The predicted octanol–water partition coefficient (Wildman–Crippen LogP) is 5.63. The van der Waals surface area contributed by atoms with Crippen LogP contribution in [-0.2, 0) is 22.6 Å². The highest BCUT2D eigenvalue weighted by molar-refractivity contribution is 8.15. The highest BCUT2D eigenvalue weighted by atomic mass is 32.2. The molecule has 1 saturated heterocycles. The number of rotatable bonds is 7. The number of hydrogen-bond acceptors (Lipinski definition) is 5. The van der Waals surface area contributed by atoms with E-state index in [1.165, 1.54) is 6.92 Å². The maximum absolute atomic E-state index is 13.2. The Hall–Kier alpha value is -4.43. The van der Waals surface area contributed by atoms with Crippen LogP contribution in [0.15, 0.2) is 84.9 Å². The number of thioether (sulfide) groups is 1. The molecule has 0 aromatic heterocycles. The predicted molar refractivity (Wildman–Crippen MR) is 155 cm³/mol. The molecule has 4 amide bonds. The van der Waals surface area contributed by atoms with Crippen molar-refractivity contribution < 1.29 is 19.2 Å². The summed E-state index contributed by atoms with van der Waals surface area (Å²) in [6.45, 7) is 1.92. The summed E-state index contributed by atoms with van der Waals surface area (Å²) in [6.07, 6.45) is 0.501. The van der Waals surface area contributed by atoms with Crippen LogP contribution in [0.1, 0.15) is 28.4 Å². The molecule has 0 saturated carbocycles. The van der Waals surface area contributed by atoms with Crippen molar-refractivity contribution in [3.63, 3.8) is 0 Å². The Balaban J connectivity index is 1.25. The summed E-state index contributed by atoms with van der Waals surface area (Å²) in [5.74, 6) is -0.443. The molecule has 1 aliphatic heterocycles. The monoisotopic (exact) mass is 537 g/mol. The van der Waals surface area contributed by atoms with Gasteiger partial charge in [-0.1, -0.05) is 66.4 Å². The first-order chi connectivity index (χ1) is 18.7. The molecule has 8 heteroatoms. The summed E-state index contributed by atoms with van der Waals surface area (Å²) in [5.41, 5.74) is 5.37. The van der Waals surface area contributed by atoms with E-state index in [1.807, 2.05) is 72.8 Å². The summed E-state index contributed by atoms with van der Waals surface area (Å²) < 4.78 is 0. The zero-order chi connectivity index (χ0) is 27.5. The van der Waals surface area contributed by atoms with Crippen LogP contribution in [0.2, 0.25) is 0 Å². The first-order valence-corrected chi connectivity index (χ1v) is 13.4. The molecule has 7 nitrogen and oxygen atoms in total. The average molecular weight is 538 g/mol. The minimum absolute atomic E-state index is 0.0788. The van der Waals surface area contributed by atoms with E-state index in [0.29, 0.717) is 18.5 Å². The first-order valence-electron chi connectivity index (χ1n) is 12.5. The fourth-order valence-corrected chi connectivity index (χ4v) is 5.51. The Bertz CT molecular complexity index is 1600. The van der Waals surface area contributed by atoms with Crippen LogP contribution in [0.3, 0.4) is 0 Å². The van der Waals surface area contributed by atoms with Crippen LogP contribution in [0, 0.1) is 0 Å². The second kappa shape index (κ2) is 11.1. The van der Waals surface area contributed by atoms with Gasteiger partial charge in [-0.05, 0) is 69.8 Å². The van der Waals surface area contributed by atoms with Crippen molar-refractivity contribution in [3.05, 3.63) is 102 Å². The number of fused-ring (bicyclic) bond motifs is 1. The van der Waals surface area contributed by atoms with Crippen molar-refractivity contribution in [1.29, 1.82) is 0 Å². The Labute approximate surface area is 230 Å². The lowest BCUT2D eigenvalue weighted by molar-refractivity contribution is -0.119. The van der Waals surface area contributed by atoms with Gasteiger partial charge in [0.05, 0.1) is 5.25 Å². The SMILES string of the molecule is CC(=O)Nc1ccc2cc(C(=O)N(C)Cc3cccc(-c4ccc(CC5SC(=O)NC5=O)cc4)c3)ccc2c1. The number of imide groups is 1. The van der Waals surface area contributed by atoms with Gasteiger partial charge in [-0.2, -0.15) is 0 Å². The molecule has 1 heterocycles. The zero-order valence-corrected chi connectivity index (χ0v) is 22.4. The second-order valence-electron chi connectivity index (χ2n) is 9.60.